The van der Waals surface area contributed by atoms with Gasteiger partial charge in [-0.3, -0.25) is 24.6 Å². The summed E-state index contributed by atoms with van der Waals surface area (Å²) < 4.78 is 7.28. The molecule has 2 saturated heterocycles. The van der Waals surface area contributed by atoms with Crippen molar-refractivity contribution in [1.82, 2.24) is 44.8 Å². The lowest BCUT2D eigenvalue weighted by atomic mass is 10.0. The van der Waals surface area contributed by atoms with Gasteiger partial charge in [-0.05, 0) is 68.5 Å². The van der Waals surface area contributed by atoms with E-state index in [1.807, 2.05) is 18.2 Å². The molecule has 7 heterocycles. The van der Waals surface area contributed by atoms with Crippen molar-refractivity contribution in [3.05, 3.63) is 76.7 Å². The van der Waals surface area contributed by atoms with Crippen molar-refractivity contribution in [1.29, 1.82) is 0 Å². The van der Waals surface area contributed by atoms with E-state index < -0.39 is 18.0 Å². The SMILES string of the molecule is O=C1CCC(N2Cc3cc(N4CCN(CCCCCc5nc(-c6ncc(NC(=O)Nc7cnc8ccnn8c7C7CC7)cc6Cl)no5)CC4)ccc3C2=O)C(=O)N1. The van der Waals surface area contributed by atoms with E-state index in [0.717, 1.165) is 87.4 Å². The molecule has 1 unspecified atom stereocenters. The zero-order valence-corrected chi connectivity index (χ0v) is 31.9. The Balaban J connectivity index is 0.701. The number of hydrogen-bond acceptors (Lipinski definition) is 12. The molecule has 294 valence electrons. The molecule has 3 aliphatic heterocycles. The highest BCUT2D eigenvalue weighted by Gasteiger charge is 2.39. The number of carbonyl (C=O) groups excluding carboxylic acids is 4. The van der Waals surface area contributed by atoms with Crippen LogP contribution in [0.3, 0.4) is 0 Å². The van der Waals surface area contributed by atoms with Crippen LogP contribution in [0.15, 0.2) is 53.4 Å². The summed E-state index contributed by atoms with van der Waals surface area (Å²) in [5.41, 5.74) is 5.69. The lowest BCUT2D eigenvalue weighted by Gasteiger charge is -2.36. The van der Waals surface area contributed by atoms with Gasteiger partial charge >= 0.3 is 6.03 Å². The molecule has 3 N–H and O–H groups in total. The van der Waals surface area contributed by atoms with Gasteiger partial charge in [-0.2, -0.15) is 10.1 Å². The number of imide groups is 1. The van der Waals surface area contributed by atoms with E-state index in [9.17, 15) is 19.2 Å². The lowest BCUT2D eigenvalue weighted by molar-refractivity contribution is -0.136. The summed E-state index contributed by atoms with van der Waals surface area (Å²) in [4.78, 5) is 69.7. The number of piperidine rings is 1. The summed E-state index contributed by atoms with van der Waals surface area (Å²) in [5.74, 6) is 0.305. The van der Waals surface area contributed by atoms with Crippen molar-refractivity contribution in [2.24, 2.45) is 0 Å². The number of anilines is 3. The molecule has 0 radical (unpaired) electrons. The molecule has 9 rings (SSSR count). The Morgan fingerprint density at radius 2 is 1.82 bits per heavy atom. The number of amides is 5. The number of aromatic nitrogens is 6. The number of carbonyl (C=O) groups is 4. The maximum absolute atomic E-state index is 13.1. The Morgan fingerprint density at radius 1 is 0.965 bits per heavy atom. The number of aryl methyl sites for hydroxylation is 1. The number of piperazine rings is 1. The number of urea groups is 1. The number of rotatable bonds is 12. The standard InChI is InChI=1S/C39H41ClN12O5/c40-28-19-25(44-39(56)45-29-21-41-31-11-12-43-52(31)35(29)23-5-6-23)20-42-34(28)36-47-33(57-48-36)4-2-1-3-13-49-14-16-50(17-15-49)26-7-8-27-24(18-26)22-51(38(27)55)30-9-10-32(53)46-37(30)54/h7-8,11-12,18-21,23,30H,1-6,9-10,13-17,22H2,(H2,44,45,56)(H,46,53,54). The largest absolute Gasteiger partial charge is 0.369 e. The topological polar surface area (TPSA) is 196 Å². The number of nitrogens with zero attached hydrogens (tertiary/aromatic N) is 9. The average molecular weight is 793 g/mol. The monoisotopic (exact) mass is 792 g/mol. The van der Waals surface area contributed by atoms with Crippen molar-refractivity contribution in [2.75, 3.05) is 48.3 Å². The predicted octanol–water partition coefficient (Wildman–Crippen LogP) is 4.65. The smallest absolute Gasteiger partial charge is 0.323 e. The van der Waals surface area contributed by atoms with E-state index in [0.29, 0.717) is 53.8 Å². The molecule has 1 saturated carbocycles. The van der Waals surface area contributed by atoms with Gasteiger partial charge in [-0.1, -0.05) is 23.2 Å². The number of pyridine rings is 1. The van der Waals surface area contributed by atoms with Crippen LogP contribution in [-0.2, 0) is 22.6 Å². The van der Waals surface area contributed by atoms with Crippen LogP contribution in [0.2, 0.25) is 5.02 Å². The number of halogens is 1. The molecule has 3 fully saturated rings. The molecule has 5 aromatic rings. The molecule has 5 amide bonds. The number of fused-ring (bicyclic) bond motifs is 2. The van der Waals surface area contributed by atoms with Crippen molar-refractivity contribution in [3.63, 3.8) is 0 Å². The Bertz CT molecular complexity index is 2370. The first-order chi connectivity index (χ1) is 27.8. The van der Waals surface area contributed by atoms with E-state index in [1.54, 1.807) is 27.9 Å². The molecule has 1 atom stereocenters. The second-order valence-corrected chi connectivity index (χ2v) is 15.4. The highest BCUT2D eigenvalue weighted by molar-refractivity contribution is 6.33. The fraction of sp³-hybridized carbons (Fsp3) is 0.410. The Morgan fingerprint density at radius 3 is 2.63 bits per heavy atom. The van der Waals surface area contributed by atoms with Crippen molar-refractivity contribution < 1.29 is 23.7 Å². The fourth-order valence-corrected chi connectivity index (χ4v) is 8.17. The Kier molecular flexibility index (Phi) is 10.00. The van der Waals surface area contributed by atoms with Crippen LogP contribution in [0.5, 0.6) is 0 Å². The van der Waals surface area contributed by atoms with Crippen molar-refractivity contribution >= 4 is 58.1 Å². The second-order valence-electron chi connectivity index (χ2n) is 15.0. The molecule has 17 nitrogen and oxygen atoms in total. The summed E-state index contributed by atoms with van der Waals surface area (Å²) in [5, 5.41) is 16.8. The number of nitrogens with one attached hydrogen (secondary N) is 3. The predicted molar refractivity (Wildman–Crippen MR) is 209 cm³/mol. The maximum Gasteiger partial charge on any atom is 0.323 e. The normalized spacial score (nSPS) is 18.6. The first kappa shape index (κ1) is 36.7. The van der Waals surface area contributed by atoms with Gasteiger partial charge in [0.05, 0.1) is 40.7 Å². The van der Waals surface area contributed by atoms with E-state index >= 15 is 0 Å². The third kappa shape index (κ3) is 7.76. The maximum atomic E-state index is 13.1. The van der Waals surface area contributed by atoms with Crippen LogP contribution < -0.4 is 20.9 Å². The molecule has 1 aromatic carbocycles. The average Bonchev–Trinajstić information content (AvgIpc) is 3.57. The molecule has 18 heteroatoms. The van der Waals surface area contributed by atoms with Crippen molar-refractivity contribution in [2.45, 2.75) is 69.9 Å². The van der Waals surface area contributed by atoms with E-state index in [4.69, 9.17) is 16.1 Å². The minimum atomic E-state index is -0.610. The first-order valence-corrected chi connectivity index (χ1v) is 19.8. The minimum Gasteiger partial charge on any atom is -0.369 e. The molecular formula is C39H41ClN12O5. The summed E-state index contributed by atoms with van der Waals surface area (Å²) in [6.45, 7) is 5.04. The van der Waals surface area contributed by atoms with Gasteiger partial charge in [0.1, 0.15) is 11.7 Å². The summed E-state index contributed by atoms with van der Waals surface area (Å²) in [6, 6.07) is 8.31. The molecule has 57 heavy (non-hydrogen) atoms. The van der Waals surface area contributed by atoms with Crippen LogP contribution in [0.1, 0.15) is 78.4 Å². The molecular weight excluding hydrogens is 752 g/mol. The van der Waals surface area contributed by atoms with Gasteiger partial charge in [0.15, 0.2) is 5.65 Å². The highest BCUT2D eigenvalue weighted by atomic mass is 35.5. The van der Waals surface area contributed by atoms with Gasteiger partial charge < -0.3 is 25.0 Å². The number of hydrogen-bond donors (Lipinski definition) is 3. The Labute approximate surface area is 332 Å². The van der Waals surface area contributed by atoms with Crippen LogP contribution in [0.25, 0.3) is 17.2 Å². The molecule has 4 aliphatic rings. The Hall–Kier alpha value is -5.94. The summed E-state index contributed by atoms with van der Waals surface area (Å²) in [6.07, 6.45) is 11.1. The summed E-state index contributed by atoms with van der Waals surface area (Å²) >= 11 is 6.56. The number of unbranched alkanes of at least 4 members (excludes halogenated alkanes) is 2. The zero-order chi connectivity index (χ0) is 39.0. The molecule has 0 spiro atoms. The van der Waals surface area contributed by atoms with Crippen molar-refractivity contribution in [3.8, 4) is 11.5 Å². The van der Waals surface area contributed by atoms with Gasteiger partial charge in [-0.25, -0.2) is 19.3 Å². The molecule has 1 aliphatic carbocycles. The summed E-state index contributed by atoms with van der Waals surface area (Å²) in [7, 11) is 0. The van der Waals surface area contributed by atoms with Gasteiger partial charge in [0, 0.05) is 68.8 Å². The van der Waals surface area contributed by atoms with Crippen LogP contribution >= 0.6 is 11.6 Å². The molecule has 0 bridgehead atoms. The minimum absolute atomic E-state index is 0.152. The number of benzene rings is 1. The van der Waals surface area contributed by atoms with E-state index in [-0.39, 0.29) is 29.1 Å². The van der Waals surface area contributed by atoms with Crippen LogP contribution in [0, 0.1) is 0 Å². The fourth-order valence-electron chi connectivity index (χ4n) is 7.92. The van der Waals surface area contributed by atoms with Gasteiger partial charge in [0.2, 0.25) is 23.5 Å². The zero-order valence-electron chi connectivity index (χ0n) is 31.1. The van der Waals surface area contributed by atoms with Crippen LogP contribution in [0.4, 0.5) is 21.9 Å². The van der Waals surface area contributed by atoms with E-state index in [1.165, 1.54) is 6.20 Å². The van der Waals surface area contributed by atoms with Gasteiger partial charge in [0.25, 0.3) is 5.91 Å². The molecule has 4 aromatic heterocycles. The lowest BCUT2D eigenvalue weighted by Crippen LogP contribution is -2.52. The highest BCUT2D eigenvalue weighted by Crippen LogP contribution is 2.43. The third-order valence-electron chi connectivity index (χ3n) is 11.1. The quantitative estimate of drug-likeness (QED) is 0.117. The third-order valence-corrected chi connectivity index (χ3v) is 11.3. The first-order valence-electron chi connectivity index (χ1n) is 19.4. The van der Waals surface area contributed by atoms with Gasteiger partial charge in [-0.15, -0.1) is 0 Å². The van der Waals surface area contributed by atoms with E-state index in [2.05, 4.69) is 57.0 Å². The second kappa shape index (κ2) is 15.5. The van der Waals surface area contributed by atoms with Crippen LogP contribution in [-0.4, -0.2) is 102 Å².